The van der Waals surface area contributed by atoms with Crippen molar-refractivity contribution in [3.63, 3.8) is 0 Å². The van der Waals surface area contributed by atoms with Crippen LogP contribution in [0.5, 0.6) is 5.75 Å². The number of aromatic nitrogens is 2. The number of nitrogens with zero attached hydrogens (tertiary/aromatic N) is 3. The minimum absolute atomic E-state index is 0.0491. The van der Waals surface area contributed by atoms with E-state index in [1.54, 1.807) is 0 Å². The van der Waals surface area contributed by atoms with Gasteiger partial charge in [-0.05, 0) is 12.1 Å². The maximum atomic E-state index is 12.6. The molecule has 25 heavy (non-hydrogen) atoms. The Bertz CT molecular complexity index is 778. The third-order valence-electron chi connectivity index (χ3n) is 3.67. The quantitative estimate of drug-likeness (QED) is 0.655. The van der Waals surface area contributed by atoms with Crippen molar-refractivity contribution in [2.24, 2.45) is 10.7 Å². The van der Waals surface area contributed by atoms with E-state index in [9.17, 15) is 13.2 Å². The molecule has 0 bridgehead atoms. The zero-order chi connectivity index (χ0) is 17.9. The zero-order valence-corrected chi connectivity index (χ0v) is 13.1. The fourth-order valence-electron chi connectivity index (χ4n) is 2.51. The maximum absolute atomic E-state index is 12.6. The van der Waals surface area contributed by atoms with E-state index in [1.165, 1.54) is 0 Å². The third-order valence-corrected chi connectivity index (χ3v) is 3.67. The summed E-state index contributed by atoms with van der Waals surface area (Å²) < 4.78 is 43.5. The Balaban J connectivity index is 1.68. The molecule has 0 spiro atoms. The SMILES string of the molecule is NC(=NCc1nccc(C(F)(F)F)n1)NC1CCOc2ccccc21. The molecule has 1 aliphatic heterocycles. The van der Waals surface area contributed by atoms with Gasteiger partial charge in [-0.15, -0.1) is 0 Å². The van der Waals surface area contributed by atoms with Crippen LogP contribution in [0, 0.1) is 0 Å². The second kappa shape index (κ2) is 6.96. The van der Waals surface area contributed by atoms with Crippen LogP contribution >= 0.6 is 0 Å². The molecule has 0 aliphatic carbocycles. The largest absolute Gasteiger partial charge is 0.493 e. The van der Waals surface area contributed by atoms with Crippen LogP contribution in [0.3, 0.4) is 0 Å². The highest BCUT2D eigenvalue weighted by Crippen LogP contribution is 2.31. The lowest BCUT2D eigenvalue weighted by Gasteiger charge is -2.26. The average Bonchev–Trinajstić information content (AvgIpc) is 2.60. The summed E-state index contributed by atoms with van der Waals surface area (Å²) in [6.07, 6.45) is -2.76. The summed E-state index contributed by atoms with van der Waals surface area (Å²) in [5, 5.41) is 3.06. The Kier molecular flexibility index (Phi) is 4.73. The highest BCUT2D eigenvalue weighted by atomic mass is 19.4. The second-order valence-electron chi connectivity index (χ2n) is 5.43. The summed E-state index contributed by atoms with van der Waals surface area (Å²) in [6.45, 7) is 0.395. The van der Waals surface area contributed by atoms with Crippen LogP contribution in [0.25, 0.3) is 0 Å². The molecule has 6 nitrogen and oxygen atoms in total. The van der Waals surface area contributed by atoms with Crippen molar-refractivity contribution in [2.75, 3.05) is 6.61 Å². The van der Waals surface area contributed by atoms with Crippen molar-refractivity contribution in [1.29, 1.82) is 0 Å². The Morgan fingerprint density at radius 2 is 2.12 bits per heavy atom. The van der Waals surface area contributed by atoms with E-state index in [1.807, 2.05) is 24.3 Å². The molecule has 2 heterocycles. The Morgan fingerprint density at radius 1 is 1.32 bits per heavy atom. The van der Waals surface area contributed by atoms with E-state index in [0.29, 0.717) is 13.0 Å². The fraction of sp³-hybridized carbons (Fsp3) is 0.312. The van der Waals surface area contributed by atoms with E-state index < -0.39 is 11.9 Å². The van der Waals surface area contributed by atoms with E-state index in [2.05, 4.69) is 20.3 Å². The van der Waals surface area contributed by atoms with Gasteiger partial charge in [0.1, 0.15) is 23.8 Å². The predicted molar refractivity (Wildman–Crippen MR) is 84.8 cm³/mol. The van der Waals surface area contributed by atoms with Crippen LogP contribution in [0.15, 0.2) is 41.5 Å². The highest BCUT2D eigenvalue weighted by molar-refractivity contribution is 5.78. The molecule has 0 amide bonds. The number of aliphatic imine (C=N–C) groups is 1. The number of guanidine groups is 1. The summed E-state index contributed by atoms with van der Waals surface area (Å²) in [5.74, 6) is 0.843. The van der Waals surface area contributed by atoms with Crippen molar-refractivity contribution >= 4 is 5.96 Å². The first-order valence-corrected chi connectivity index (χ1v) is 7.61. The van der Waals surface area contributed by atoms with Crippen molar-refractivity contribution in [3.05, 3.63) is 53.6 Å². The number of rotatable bonds is 3. The molecule has 1 aromatic heterocycles. The molecular formula is C16H16F3N5O. The van der Waals surface area contributed by atoms with Gasteiger partial charge >= 0.3 is 6.18 Å². The number of para-hydroxylation sites is 1. The molecule has 9 heteroatoms. The van der Waals surface area contributed by atoms with Gasteiger partial charge < -0.3 is 15.8 Å². The third kappa shape index (κ3) is 4.17. The van der Waals surface area contributed by atoms with E-state index in [4.69, 9.17) is 10.5 Å². The van der Waals surface area contributed by atoms with Gasteiger partial charge in [-0.25, -0.2) is 15.0 Å². The smallest absolute Gasteiger partial charge is 0.433 e. The van der Waals surface area contributed by atoms with Gasteiger partial charge in [-0.1, -0.05) is 18.2 Å². The van der Waals surface area contributed by atoms with E-state index in [0.717, 1.165) is 23.6 Å². The maximum Gasteiger partial charge on any atom is 0.433 e. The molecule has 2 aromatic rings. The number of hydrogen-bond donors (Lipinski definition) is 2. The lowest BCUT2D eigenvalue weighted by Crippen LogP contribution is -2.37. The van der Waals surface area contributed by atoms with Crippen LogP contribution < -0.4 is 15.8 Å². The molecule has 0 saturated heterocycles. The second-order valence-corrected chi connectivity index (χ2v) is 5.43. The van der Waals surface area contributed by atoms with Gasteiger partial charge in [0, 0.05) is 18.2 Å². The van der Waals surface area contributed by atoms with Gasteiger partial charge in [0.15, 0.2) is 5.96 Å². The van der Waals surface area contributed by atoms with Crippen LogP contribution in [0.2, 0.25) is 0 Å². The van der Waals surface area contributed by atoms with Gasteiger partial charge in [0.25, 0.3) is 0 Å². The molecule has 1 unspecified atom stereocenters. The van der Waals surface area contributed by atoms with Crippen molar-refractivity contribution in [2.45, 2.75) is 25.2 Å². The first kappa shape index (κ1) is 17.0. The first-order valence-electron chi connectivity index (χ1n) is 7.61. The number of nitrogens with two attached hydrogens (primary N) is 1. The minimum Gasteiger partial charge on any atom is -0.493 e. The van der Waals surface area contributed by atoms with Crippen LogP contribution in [0.1, 0.15) is 29.5 Å². The molecule has 0 radical (unpaired) electrons. The van der Waals surface area contributed by atoms with Gasteiger partial charge in [-0.2, -0.15) is 13.2 Å². The molecule has 132 valence electrons. The van der Waals surface area contributed by atoms with Crippen molar-refractivity contribution in [3.8, 4) is 5.75 Å². The van der Waals surface area contributed by atoms with Gasteiger partial charge in [-0.3, -0.25) is 0 Å². The van der Waals surface area contributed by atoms with E-state index in [-0.39, 0.29) is 24.4 Å². The Labute approximate surface area is 142 Å². The lowest BCUT2D eigenvalue weighted by atomic mass is 10.0. The lowest BCUT2D eigenvalue weighted by molar-refractivity contribution is -0.141. The molecule has 1 aromatic carbocycles. The van der Waals surface area contributed by atoms with Crippen molar-refractivity contribution in [1.82, 2.24) is 15.3 Å². The van der Waals surface area contributed by atoms with E-state index >= 15 is 0 Å². The number of hydrogen-bond acceptors (Lipinski definition) is 4. The summed E-state index contributed by atoms with van der Waals surface area (Å²) >= 11 is 0. The molecule has 1 aliphatic rings. The fourth-order valence-corrected chi connectivity index (χ4v) is 2.51. The van der Waals surface area contributed by atoms with Gasteiger partial charge in [0.2, 0.25) is 0 Å². The number of nitrogens with one attached hydrogen (secondary N) is 1. The molecule has 3 rings (SSSR count). The monoisotopic (exact) mass is 351 g/mol. The summed E-state index contributed by atoms with van der Waals surface area (Å²) in [7, 11) is 0. The first-order chi connectivity index (χ1) is 11.9. The Morgan fingerprint density at radius 3 is 2.92 bits per heavy atom. The highest BCUT2D eigenvalue weighted by Gasteiger charge is 2.32. The molecule has 3 N–H and O–H groups in total. The van der Waals surface area contributed by atoms with Crippen LogP contribution in [-0.4, -0.2) is 22.5 Å². The predicted octanol–water partition coefficient (Wildman–Crippen LogP) is 2.42. The zero-order valence-electron chi connectivity index (χ0n) is 13.1. The summed E-state index contributed by atoms with van der Waals surface area (Å²) in [6, 6.07) is 8.31. The topological polar surface area (TPSA) is 85.4 Å². The molecular weight excluding hydrogens is 335 g/mol. The average molecular weight is 351 g/mol. The van der Waals surface area contributed by atoms with Crippen LogP contribution in [0.4, 0.5) is 13.2 Å². The number of halogens is 3. The standard InChI is InChI=1S/C16H16F3N5O/c17-16(18,19)13-5-7-21-14(24-13)9-22-15(20)23-11-6-8-25-12-4-2-1-3-10(11)12/h1-5,7,11H,6,8-9H2,(H3,20,22,23). The normalized spacial score (nSPS) is 17.6. The minimum atomic E-state index is -4.52. The number of alkyl halides is 3. The number of benzene rings is 1. The van der Waals surface area contributed by atoms with Crippen LogP contribution in [-0.2, 0) is 12.7 Å². The Hall–Kier alpha value is -2.84. The molecule has 1 atom stereocenters. The summed E-state index contributed by atoms with van der Waals surface area (Å²) in [4.78, 5) is 11.3. The molecule has 0 fully saturated rings. The molecule has 0 saturated carbocycles. The number of ether oxygens (including phenoxy) is 1. The number of fused-ring (bicyclic) bond motifs is 1. The van der Waals surface area contributed by atoms with Gasteiger partial charge in [0.05, 0.1) is 12.6 Å². The summed E-state index contributed by atoms with van der Waals surface area (Å²) in [5.41, 5.74) is 5.81. The van der Waals surface area contributed by atoms with Crippen molar-refractivity contribution < 1.29 is 17.9 Å².